The quantitative estimate of drug-likeness (QED) is 0.281. The van der Waals surface area contributed by atoms with Crippen molar-refractivity contribution in [3.05, 3.63) is 73.9 Å². The molecule has 230 valence electrons. The lowest BCUT2D eigenvalue weighted by Crippen LogP contribution is -2.56. The molecule has 1 aliphatic carbocycles. The van der Waals surface area contributed by atoms with E-state index in [0.29, 0.717) is 40.2 Å². The maximum atomic E-state index is 14.6. The smallest absolute Gasteiger partial charge is 0.333 e. The minimum Gasteiger partial charge on any atom is -0.393 e. The van der Waals surface area contributed by atoms with E-state index in [1.165, 1.54) is 59.1 Å². The Morgan fingerprint density at radius 3 is 2.51 bits per heavy atom. The number of nitrogens with zero attached hydrogens (tertiary/aromatic N) is 5. The molecule has 1 fully saturated rings. The largest absolute Gasteiger partial charge is 0.393 e. The zero-order valence-electron chi connectivity index (χ0n) is 25.1. The van der Waals surface area contributed by atoms with Crippen molar-refractivity contribution in [2.24, 2.45) is 0 Å². The fraction of sp³-hybridized carbons (Fsp3) is 0.500. The van der Waals surface area contributed by atoms with Crippen molar-refractivity contribution in [3.8, 4) is 5.00 Å². The molecule has 3 aromatic heterocycles. The predicted molar refractivity (Wildman–Crippen MR) is 161 cm³/mol. The molecule has 0 saturated heterocycles. The van der Waals surface area contributed by atoms with Gasteiger partial charge in [-0.3, -0.25) is 14.2 Å². The number of aliphatic hydroxyl groups is 1. The Balaban J connectivity index is 1.76. The molecule has 0 unspecified atom stereocenters. The van der Waals surface area contributed by atoms with Gasteiger partial charge in [-0.2, -0.15) is 10.2 Å². The number of hydrogen-bond acceptors (Lipinski definition) is 8. The van der Waals surface area contributed by atoms with Crippen molar-refractivity contribution < 1.29 is 19.0 Å². The lowest BCUT2D eigenvalue weighted by molar-refractivity contribution is -0.129. The van der Waals surface area contributed by atoms with Gasteiger partial charge in [-0.1, -0.05) is 24.3 Å². The van der Waals surface area contributed by atoms with Gasteiger partial charge in [0.1, 0.15) is 27.3 Å². The topological polar surface area (TPSA) is 133 Å². The molecule has 0 aliphatic heterocycles. The first kappa shape index (κ1) is 30.8. The van der Waals surface area contributed by atoms with Crippen LogP contribution in [0.5, 0.6) is 0 Å². The van der Waals surface area contributed by atoms with Crippen LogP contribution >= 0.6 is 11.3 Å². The van der Waals surface area contributed by atoms with E-state index in [4.69, 9.17) is 4.74 Å². The summed E-state index contributed by atoms with van der Waals surface area (Å²) in [7, 11) is 0. The molecule has 0 bridgehead atoms. The van der Waals surface area contributed by atoms with Gasteiger partial charge < -0.3 is 15.2 Å². The number of amides is 1. The van der Waals surface area contributed by atoms with Crippen LogP contribution < -0.4 is 16.6 Å². The Bertz CT molecular complexity index is 1770. The Morgan fingerprint density at radius 2 is 1.91 bits per heavy atom. The Labute approximate surface area is 251 Å². The van der Waals surface area contributed by atoms with Crippen LogP contribution in [0.1, 0.15) is 70.3 Å². The lowest BCUT2D eigenvalue weighted by atomic mass is 9.91. The van der Waals surface area contributed by atoms with Crippen molar-refractivity contribution in [3.63, 3.8) is 0 Å². The van der Waals surface area contributed by atoms with E-state index >= 15 is 0 Å². The van der Waals surface area contributed by atoms with Gasteiger partial charge in [0.2, 0.25) is 5.91 Å². The Hall–Kier alpha value is -3.68. The summed E-state index contributed by atoms with van der Waals surface area (Å²) in [6.07, 6.45) is 2.93. The molecule has 13 heteroatoms. The van der Waals surface area contributed by atoms with Crippen molar-refractivity contribution >= 4 is 27.5 Å². The number of aliphatic hydroxyl groups excluding tert-OH is 1. The molecular weight excluding hydrogens is 575 g/mol. The number of aromatic nitrogens is 5. The van der Waals surface area contributed by atoms with Gasteiger partial charge in [0.15, 0.2) is 0 Å². The molecule has 1 atom stereocenters. The average Bonchev–Trinajstić information content (AvgIpc) is 3.57. The summed E-state index contributed by atoms with van der Waals surface area (Å²) >= 11 is 1.18. The summed E-state index contributed by atoms with van der Waals surface area (Å²) in [4.78, 5) is 43.7. The second-order valence-corrected chi connectivity index (χ2v) is 12.8. The van der Waals surface area contributed by atoms with Crippen LogP contribution in [-0.2, 0) is 28.0 Å². The molecule has 5 rings (SSSR count). The molecule has 1 amide bonds. The summed E-state index contributed by atoms with van der Waals surface area (Å²) in [5.74, 6) is -0.925. The van der Waals surface area contributed by atoms with Crippen molar-refractivity contribution in [1.29, 1.82) is 0 Å². The molecule has 0 spiro atoms. The van der Waals surface area contributed by atoms with E-state index in [0.717, 1.165) is 10.1 Å². The van der Waals surface area contributed by atoms with Crippen LogP contribution in [0.4, 0.5) is 4.39 Å². The predicted octanol–water partition coefficient (Wildman–Crippen LogP) is 3.36. The van der Waals surface area contributed by atoms with Crippen LogP contribution in [0.3, 0.4) is 0 Å². The van der Waals surface area contributed by atoms with E-state index in [-0.39, 0.29) is 24.1 Å². The Kier molecular flexibility index (Phi) is 8.43. The average molecular weight is 613 g/mol. The molecule has 11 nitrogen and oxygen atoms in total. The summed E-state index contributed by atoms with van der Waals surface area (Å²) in [6, 6.07) is 4.28. The van der Waals surface area contributed by atoms with Crippen LogP contribution in [0, 0.1) is 12.7 Å². The van der Waals surface area contributed by atoms with Crippen molar-refractivity contribution in [2.75, 3.05) is 0 Å². The number of fused-ring (bicyclic) bond motifs is 1. The van der Waals surface area contributed by atoms with E-state index in [1.807, 2.05) is 6.92 Å². The van der Waals surface area contributed by atoms with Gasteiger partial charge >= 0.3 is 5.69 Å². The summed E-state index contributed by atoms with van der Waals surface area (Å²) in [5.41, 5.74) is -0.853. The summed E-state index contributed by atoms with van der Waals surface area (Å²) < 4.78 is 23.5. The monoisotopic (exact) mass is 612 g/mol. The molecule has 43 heavy (non-hydrogen) atoms. The third-order valence-corrected chi connectivity index (χ3v) is 9.21. The normalized spacial score (nSPS) is 17.8. The zero-order valence-corrected chi connectivity index (χ0v) is 25.9. The second kappa shape index (κ2) is 11.8. The van der Waals surface area contributed by atoms with Crippen molar-refractivity contribution in [1.82, 2.24) is 29.4 Å². The number of nitrogens with one attached hydrogen (secondary N) is 1. The van der Waals surface area contributed by atoms with Crippen LogP contribution in [0.15, 0.2) is 40.2 Å². The first-order valence-corrected chi connectivity index (χ1v) is 15.2. The number of hydrogen-bond donors (Lipinski definition) is 2. The van der Waals surface area contributed by atoms with E-state index in [1.54, 1.807) is 26.8 Å². The standard InChI is InChI=1S/C30H37FN6O5S/c1-7-18-8-9-19(31)12-22(18)23(42-21-13-20(38)14-21)15-35-27-24(17(4)26(43-27)37-32-10-11-33-37)25(39)36(29(35)41)30(5,6)28(40)34-16(2)3/h8-12,16,20-21,23,38H,7,13-15H2,1-6H3,(H,34,40)/t20?,21?,23-/m0/s1. The number of benzene rings is 1. The highest BCUT2D eigenvalue weighted by Crippen LogP contribution is 2.35. The van der Waals surface area contributed by atoms with Gasteiger partial charge in [-0.15, -0.1) is 4.80 Å². The molecule has 0 radical (unpaired) electrons. The lowest BCUT2D eigenvalue weighted by Gasteiger charge is -2.35. The molecule has 1 saturated carbocycles. The van der Waals surface area contributed by atoms with Gasteiger partial charge in [-0.25, -0.2) is 13.8 Å². The number of carbonyl (C=O) groups is 1. The van der Waals surface area contributed by atoms with Gasteiger partial charge in [0, 0.05) is 11.6 Å². The highest BCUT2D eigenvalue weighted by Gasteiger charge is 2.37. The zero-order chi connectivity index (χ0) is 31.2. The highest BCUT2D eigenvalue weighted by atomic mass is 32.1. The SMILES string of the molecule is CCc1ccc(F)cc1[C@H](Cn1c(=O)n(C(C)(C)C(=O)NC(C)C)c(=O)c2c(C)c(-n3nccn3)sc21)OC1CC(O)C1. The number of carbonyl (C=O) groups excluding carboxylic acids is 1. The molecule has 3 heterocycles. The van der Waals surface area contributed by atoms with E-state index in [2.05, 4.69) is 15.5 Å². The van der Waals surface area contributed by atoms with Crippen molar-refractivity contribution in [2.45, 2.75) is 97.2 Å². The highest BCUT2D eigenvalue weighted by molar-refractivity contribution is 7.21. The second-order valence-electron chi connectivity index (χ2n) is 11.8. The minimum atomic E-state index is -1.55. The first-order chi connectivity index (χ1) is 20.3. The van der Waals surface area contributed by atoms with E-state index in [9.17, 15) is 23.9 Å². The summed E-state index contributed by atoms with van der Waals surface area (Å²) in [6.45, 7) is 10.3. The molecule has 1 aromatic carbocycles. The molecule has 4 aromatic rings. The molecular formula is C30H37FN6O5S. The van der Waals surface area contributed by atoms with Crippen LogP contribution in [0.2, 0.25) is 0 Å². The number of aryl methyl sites for hydroxylation is 2. The number of ether oxygens (including phenoxy) is 1. The number of halogens is 1. The summed E-state index contributed by atoms with van der Waals surface area (Å²) in [5, 5.41) is 22.0. The van der Waals surface area contributed by atoms with Crippen LogP contribution in [0.25, 0.3) is 15.2 Å². The fourth-order valence-corrected chi connectivity index (χ4v) is 6.71. The number of thiophene rings is 1. The van der Waals surface area contributed by atoms with Crippen LogP contribution in [-0.4, -0.2) is 53.4 Å². The van der Waals surface area contributed by atoms with E-state index < -0.39 is 40.7 Å². The van der Waals surface area contributed by atoms with Gasteiger partial charge in [0.05, 0.1) is 36.5 Å². The maximum absolute atomic E-state index is 14.6. The maximum Gasteiger partial charge on any atom is 0.333 e. The fourth-order valence-electron chi connectivity index (χ4n) is 5.49. The number of rotatable bonds is 10. The third kappa shape index (κ3) is 5.68. The van der Waals surface area contributed by atoms with Gasteiger partial charge in [0.25, 0.3) is 5.56 Å². The third-order valence-electron chi connectivity index (χ3n) is 7.93. The first-order valence-electron chi connectivity index (χ1n) is 14.4. The minimum absolute atomic E-state index is 0.0630. The molecule has 2 N–H and O–H groups in total. The Morgan fingerprint density at radius 1 is 1.23 bits per heavy atom. The molecule has 1 aliphatic rings. The van der Waals surface area contributed by atoms with Gasteiger partial charge in [-0.05, 0) is 77.1 Å².